The quantitative estimate of drug-likeness (QED) is 0.583. The number of fused-ring (bicyclic) bond motifs is 1. The van der Waals surface area contributed by atoms with Gasteiger partial charge in [0.2, 0.25) is 0 Å². The van der Waals surface area contributed by atoms with E-state index in [1.807, 2.05) is 38.1 Å². The molecule has 0 heterocycles. The normalized spacial score (nSPS) is 11.3. The van der Waals surface area contributed by atoms with E-state index in [-0.39, 0.29) is 34.5 Å². The zero-order valence-electron chi connectivity index (χ0n) is 11.4. The molecule has 0 aromatic heterocycles. The molecule has 0 aliphatic carbocycles. The molecule has 0 aliphatic heterocycles. The molecule has 2 aromatic rings. The summed E-state index contributed by atoms with van der Waals surface area (Å²) < 4.78 is 34.1. The second kappa shape index (κ2) is 6.37. The summed E-state index contributed by atoms with van der Waals surface area (Å²) in [6, 6.07) is 9.06. The molecule has 0 radical (unpaired) electrons. The first kappa shape index (κ1) is 16.7. The first-order valence-electron chi connectivity index (χ1n) is 5.98. The van der Waals surface area contributed by atoms with Crippen LogP contribution in [0.4, 0.5) is 0 Å². The Kier molecular flexibility index (Phi) is 5.59. The van der Waals surface area contributed by atoms with Gasteiger partial charge in [-0.2, -0.15) is 0 Å². The Morgan fingerprint density at radius 1 is 1.05 bits per heavy atom. The Hall–Kier alpha value is -0.390. The van der Waals surface area contributed by atoms with Crippen LogP contribution in [0.5, 0.6) is 0 Å². The first-order chi connectivity index (χ1) is 8.49. The van der Waals surface area contributed by atoms with Crippen LogP contribution in [0.1, 0.15) is 25.0 Å². The third-order valence-electron chi connectivity index (χ3n) is 3.21. The Labute approximate surface area is 136 Å². The zero-order valence-corrected chi connectivity index (χ0v) is 14.3. The molecule has 19 heavy (non-hydrogen) atoms. The Bertz CT molecular complexity index is 693. The molecule has 0 saturated heterocycles. The molecule has 0 bridgehead atoms. The van der Waals surface area contributed by atoms with Gasteiger partial charge in [-0.25, -0.2) is 8.42 Å². The number of rotatable bonds is 3. The summed E-state index contributed by atoms with van der Waals surface area (Å²) in [5, 5.41) is 1.84. The summed E-state index contributed by atoms with van der Waals surface area (Å²) in [4.78, 5) is -0.0689. The number of aryl methyl sites for hydroxylation is 1. The number of hydrogen-bond acceptors (Lipinski definition) is 3. The van der Waals surface area contributed by atoms with Crippen LogP contribution in [0.15, 0.2) is 35.2 Å². The Morgan fingerprint density at radius 3 is 2.16 bits per heavy atom. The molecular formula is C14H15NaO3S. The molecular weight excluding hydrogens is 271 g/mol. The van der Waals surface area contributed by atoms with E-state index < -0.39 is 10.1 Å². The summed E-state index contributed by atoms with van der Waals surface area (Å²) in [5.41, 5.74) is 1.62. The van der Waals surface area contributed by atoms with Gasteiger partial charge in [-0.3, -0.25) is 0 Å². The Morgan fingerprint density at radius 2 is 1.63 bits per heavy atom. The van der Waals surface area contributed by atoms with Crippen molar-refractivity contribution in [2.75, 3.05) is 0 Å². The molecule has 96 valence electrons. The van der Waals surface area contributed by atoms with Crippen molar-refractivity contribution in [1.82, 2.24) is 0 Å². The van der Waals surface area contributed by atoms with Crippen LogP contribution in [-0.4, -0.2) is 13.0 Å². The average molecular weight is 286 g/mol. The monoisotopic (exact) mass is 286 g/mol. The van der Waals surface area contributed by atoms with E-state index in [0.29, 0.717) is 18.4 Å². The van der Waals surface area contributed by atoms with Crippen molar-refractivity contribution in [3.8, 4) is 0 Å². The molecule has 0 N–H and O–H groups in total. The van der Waals surface area contributed by atoms with Crippen molar-refractivity contribution in [3.63, 3.8) is 0 Å². The average Bonchev–Trinajstić information content (AvgIpc) is 2.35. The minimum atomic E-state index is -4.42. The fourth-order valence-corrected chi connectivity index (χ4v) is 3.29. The van der Waals surface area contributed by atoms with Crippen molar-refractivity contribution < 1.29 is 42.5 Å². The maximum absolute atomic E-state index is 11.4. The second-order valence-corrected chi connectivity index (χ2v) is 5.56. The largest absolute Gasteiger partial charge is 1.00 e. The van der Waals surface area contributed by atoms with Gasteiger partial charge in [0.1, 0.15) is 10.1 Å². The van der Waals surface area contributed by atoms with Crippen molar-refractivity contribution in [2.45, 2.75) is 31.6 Å². The summed E-state index contributed by atoms with van der Waals surface area (Å²) in [7, 11) is -4.42. The van der Waals surface area contributed by atoms with E-state index >= 15 is 0 Å². The molecule has 0 aliphatic rings. The summed E-state index contributed by atoms with van der Waals surface area (Å²) in [6.45, 7) is 3.85. The zero-order chi connectivity index (χ0) is 13.3. The van der Waals surface area contributed by atoms with Gasteiger partial charge < -0.3 is 4.55 Å². The van der Waals surface area contributed by atoms with Crippen molar-refractivity contribution >= 4 is 20.9 Å². The van der Waals surface area contributed by atoms with E-state index in [2.05, 4.69) is 0 Å². The first-order valence-corrected chi connectivity index (χ1v) is 7.39. The number of benzene rings is 2. The summed E-state index contributed by atoms with van der Waals surface area (Å²) in [6.07, 6.45) is 1.26. The van der Waals surface area contributed by atoms with E-state index in [1.165, 1.54) is 6.07 Å². The van der Waals surface area contributed by atoms with Crippen LogP contribution in [0.2, 0.25) is 0 Å². The molecule has 0 amide bonds. The fraction of sp³-hybridized carbons (Fsp3) is 0.286. The van der Waals surface area contributed by atoms with Crippen LogP contribution in [0, 0.1) is 0 Å². The van der Waals surface area contributed by atoms with Crippen LogP contribution in [0.3, 0.4) is 0 Å². The molecule has 5 heteroatoms. The predicted octanol–water partition coefficient (Wildman–Crippen LogP) is -0.127. The van der Waals surface area contributed by atoms with Gasteiger partial charge >= 0.3 is 29.6 Å². The molecule has 2 aromatic carbocycles. The molecule has 0 fully saturated rings. The van der Waals surface area contributed by atoms with Crippen molar-refractivity contribution in [1.29, 1.82) is 0 Å². The topological polar surface area (TPSA) is 57.2 Å². The van der Waals surface area contributed by atoms with Gasteiger partial charge in [-0.15, -0.1) is 0 Å². The smallest absolute Gasteiger partial charge is 0.744 e. The second-order valence-electron chi connectivity index (χ2n) is 4.21. The molecule has 0 saturated carbocycles. The maximum Gasteiger partial charge on any atom is 1.00 e. The molecule has 3 nitrogen and oxygen atoms in total. The van der Waals surface area contributed by atoms with Crippen LogP contribution in [0.25, 0.3) is 10.8 Å². The number of hydrogen-bond donors (Lipinski definition) is 0. The van der Waals surface area contributed by atoms with Gasteiger partial charge in [-0.1, -0.05) is 38.1 Å². The maximum atomic E-state index is 11.4. The van der Waals surface area contributed by atoms with E-state index in [9.17, 15) is 13.0 Å². The summed E-state index contributed by atoms with van der Waals surface area (Å²) in [5.74, 6) is 0. The van der Waals surface area contributed by atoms with Gasteiger partial charge in [0.15, 0.2) is 0 Å². The molecule has 0 atom stereocenters. The van der Waals surface area contributed by atoms with Crippen LogP contribution >= 0.6 is 0 Å². The molecule has 0 unspecified atom stereocenters. The SMILES string of the molecule is CCc1c(S(=O)(=O)[O-])cc2ccccc2c1CC.[Na+]. The predicted molar refractivity (Wildman–Crippen MR) is 70.7 cm³/mol. The van der Waals surface area contributed by atoms with Gasteiger partial charge in [-0.05, 0) is 40.8 Å². The van der Waals surface area contributed by atoms with Gasteiger partial charge in [0.05, 0.1) is 4.90 Å². The Balaban J connectivity index is 0.00000180. The van der Waals surface area contributed by atoms with Crippen molar-refractivity contribution in [2.24, 2.45) is 0 Å². The van der Waals surface area contributed by atoms with Gasteiger partial charge in [0.25, 0.3) is 0 Å². The standard InChI is InChI=1S/C14H16O3S.Na/c1-3-11-12(4-2)14(18(15,16)17)9-10-7-5-6-8-13(10)11;/h5-9H,3-4H2,1-2H3,(H,15,16,17);/q;+1/p-1. The fourth-order valence-electron chi connectivity index (χ4n) is 2.45. The van der Waals surface area contributed by atoms with Crippen LogP contribution in [-0.2, 0) is 23.0 Å². The third kappa shape index (κ3) is 3.20. The molecule has 0 spiro atoms. The van der Waals surface area contributed by atoms with Crippen LogP contribution < -0.4 is 29.6 Å². The summed E-state index contributed by atoms with van der Waals surface area (Å²) >= 11 is 0. The third-order valence-corrected chi connectivity index (χ3v) is 4.11. The van der Waals surface area contributed by atoms with E-state index in [1.54, 1.807) is 0 Å². The molecule has 2 rings (SSSR count). The van der Waals surface area contributed by atoms with Crippen molar-refractivity contribution in [3.05, 3.63) is 41.5 Å². The minimum absolute atomic E-state index is 0. The van der Waals surface area contributed by atoms with E-state index in [0.717, 1.165) is 16.3 Å². The minimum Gasteiger partial charge on any atom is -0.744 e. The van der Waals surface area contributed by atoms with E-state index in [4.69, 9.17) is 0 Å². The van der Waals surface area contributed by atoms with Gasteiger partial charge in [0, 0.05) is 0 Å².